The van der Waals surface area contributed by atoms with Crippen molar-refractivity contribution in [3.8, 4) is 0 Å². The van der Waals surface area contributed by atoms with Gasteiger partial charge in [-0.1, -0.05) is 39.0 Å². The summed E-state index contributed by atoms with van der Waals surface area (Å²) in [6.07, 6.45) is 1.95. The highest BCUT2D eigenvalue weighted by Crippen LogP contribution is 2.58. The van der Waals surface area contributed by atoms with Crippen LogP contribution in [0.15, 0.2) is 35.2 Å². The van der Waals surface area contributed by atoms with Crippen LogP contribution in [0.4, 0.5) is 0 Å². The molecule has 1 unspecified atom stereocenters. The summed E-state index contributed by atoms with van der Waals surface area (Å²) >= 11 is 0. The van der Waals surface area contributed by atoms with Gasteiger partial charge in [-0.15, -0.1) is 10.3 Å². The van der Waals surface area contributed by atoms with Gasteiger partial charge >= 0.3 is 0 Å². The van der Waals surface area contributed by atoms with Crippen LogP contribution >= 0.6 is 10.3 Å². The fourth-order valence-electron chi connectivity index (χ4n) is 1.04. The highest BCUT2D eigenvalue weighted by Gasteiger charge is 2.31. The van der Waals surface area contributed by atoms with E-state index in [2.05, 4.69) is 20.8 Å². The molecule has 74 valence electrons. The Hall–Kier alpha value is -0.470. The van der Waals surface area contributed by atoms with Gasteiger partial charge in [0.2, 0.25) is 0 Å². The van der Waals surface area contributed by atoms with Gasteiger partial charge < -0.3 is 4.55 Å². The summed E-state index contributed by atoms with van der Waals surface area (Å²) in [5, 5.41) is 0. The lowest BCUT2D eigenvalue weighted by Gasteiger charge is -2.42. The van der Waals surface area contributed by atoms with E-state index in [-0.39, 0.29) is 4.75 Å². The molecule has 0 saturated heterocycles. The molecular weight excluding hydrogens is 180 g/mol. The maximum atomic E-state index is 10.4. The predicted molar refractivity (Wildman–Crippen MR) is 60.6 cm³/mol. The molecule has 13 heavy (non-hydrogen) atoms. The molecule has 1 nitrogen and oxygen atoms in total. The largest absolute Gasteiger partial charge is 0.347 e. The summed E-state index contributed by atoms with van der Waals surface area (Å²) in [5.41, 5.74) is 0. The minimum atomic E-state index is -1.68. The second kappa shape index (κ2) is 3.35. The zero-order chi connectivity index (χ0) is 10.1. The smallest absolute Gasteiger partial charge is 0.0168 e. The second-order valence-corrected chi connectivity index (χ2v) is 7.75. The van der Waals surface area contributed by atoms with E-state index >= 15 is 0 Å². The van der Waals surface area contributed by atoms with E-state index < -0.39 is 10.3 Å². The van der Waals surface area contributed by atoms with E-state index in [4.69, 9.17) is 0 Å². The van der Waals surface area contributed by atoms with Gasteiger partial charge in [0.15, 0.2) is 0 Å². The Morgan fingerprint density at radius 3 is 1.92 bits per heavy atom. The van der Waals surface area contributed by atoms with Crippen LogP contribution in [0.3, 0.4) is 0 Å². The summed E-state index contributed by atoms with van der Waals surface area (Å²) in [6.45, 7) is 6.24. The first-order valence-corrected chi connectivity index (χ1v) is 6.41. The highest BCUT2D eigenvalue weighted by molar-refractivity contribution is 8.29. The molecule has 1 N–H and O–H groups in total. The SMILES string of the molecule is CC(C)(C)S(C)(O)c1ccccc1. The zero-order valence-corrected chi connectivity index (χ0v) is 9.56. The summed E-state index contributed by atoms with van der Waals surface area (Å²) in [7, 11) is -1.68. The summed E-state index contributed by atoms with van der Waals surface area (Å²) in [5.74, 6) is 0. The third-order valence-electron chi connectivity index (χ3n) is 2.39. The van der Waals surface area contributed by atoms with E-state index in [1.807, 2.05) is 36.6 Å². The van der Waals surface area contributed by atoms with Crippen molar-refractivity contribution in [3.63, 3.8) is 0 Å². The average molecular weight is 198 g/mol. The van der Waals surface area contributed by atoms with Gasteiger partial charge in [0.1, 0.15) is 0 Å². The Labute approximate surface area is 82.3 Å². The molecule has 0 fully saturated rings. The third kappa shape index (κ3) is 2.06. The summed E-state index contributed by atoms with van der Waals surface area (Å²) < 4.78 is 10.3. The van der Waals surface area contributed by atoms with E-state index in [1.54, 1.807) is 0 Å². The highest BCUT2D eigenvalue weighted by atomic mass is 32.3. The van der Waals surface area contributed by atoms with Crippen LogP contribution in [-0.2, 0) is 0 Å². The number of rotatable bonds is 1. The van der Waals surface area contributed by atoms with Crippen molar-refractivity contribution in [2.24, 2.45) is 0 Å². The van der Waals surface area contributed by atoms with E-state index in [0.29, 0.717) is 0 Å². The maximum Gasteiger partial charge on any atom is 0.0168 e. The van der Waals surface area contributed by atoms with Crippen LogP contribution in [0.5, 0.6) is 0 Å². The number of hydrogen-bond acceptors (Lipinski definition) is 1. The molecule has 0 aliphatic rings. The molecule has 0 bridgehead atoms. The molecule has 1 rings (SSSR count). The summed E-state index contributed by atoms with van der Waals surface area (Å²) in [6, 6.07) is 9.92. The normalized spacial score (nSPS) is 19.2. The number of hydrogen-bond donors (Lipinski definition) is 1. The first kappa shape index (κ1) is 10.6. The molecule has 0 heterocycles. The van der Waals surface area contributed by atoms with Crippen LogP contribution in [0.1, 0.15) is 20.8 Å². The van der Waals surface area contributed by atoms with Crippen LogP contribution < -0.4 is 0 Å². The van der Waals surface area contributed by atoms with Crippen molar-refractivity contribution >= 4 is 10.3 Å². The third-order valence-corrected chi connectivity index (χ3v) is 5.97. The molecule has 0 saturated carbocycles. The Balaban J connectivity index is 3.08. The Kier molecular flexibility index (Phi) is 2.74. The molecule has 0 amide bonds. The van der Waals surface area contributed by atoms with Crippen LogP contribution in [0, 0.1) is 0 Å². The van der Waals surface area contributed by atoms with Crippen LogP contribution in [0.25, 0.3) is 0 Å². The second-order valence-electron chi connectivity index (χ2n) is 4.30. The molecule has 0 aromatic heterocycles. The molecule has 0 aliphatic carbocycles. The minimum absolute atomic E-state index is 0.0612. The fraction of sp³-hybridized carbons (Fsp3) is 0.455. The Morgan fingerprint density at radius 1 is 1.08 bits per heavy atom. The van der Waals surface area contributed by atoms with Gasteiger partial charge in [-0.3, -0.25) is 0 Å². The molecule has 0 radical (unpaired) electrons. The van der Waals surface area contributed by atoms with Crippen LogP contribution in [0.2, 0.25) is 0 Å². The van der Waals surface area contributed by atoms with Gasteiger partial charge in [0.25, 0.3) is 0 Å². The Morgan fingerprint density at radius 2 is 1.54 bits per heavy atom. The van der Waals surface area contributed by atoms with Crippen molar-refractivity contribution in [1.82, 2.24) is 0 Å². The summed E-state index contributed by atoms with van der Waals surface area (Å²) in [4.78, 5) is 1.06. The maximum absolute atomic E-state index is 10.4. The fourth-order valence-corrected chi connectivity index (χ4v) is 2.43. The molecule has 0 aliphatic heterocycles. The molecule has 1 aromatic carbocycles. The number of benzene rings is 1. The van der Waals surface area contributed by atoms with E-state index in [0.717, 1.165) is 4.90 Å². The minimum Gasteiger partial charge on any atom is -0.347 e. The van der Waals surface area contributed by atoms with Crippen molar-refractivity contribution < 1.29 is 4.55 Å². The topological polar surface area (TPSA) is 20.2 Å². The first-order chi connectivity index (χ1) is 5.86. The van der Waals surface area contributed by atoms with E-state index in [1.165, 1.54) is 0 Å². The van der Waals surface area contributed by atoms with Gasteiger partial charge in [-0.05, 0) is 18.4 Å². The quantitative estimate of drug-likeness (QED) is 0.728. The van der Waals surface area contributed by atoms with Crippen molar-refractivity contribution in [1.29, 1.82) is 0 Å². The lowest BCUT2D eigenvalue weighted by molar-refractivity contribution is 0.585. The molecule has 2 heteroatoms. The van der Waals surface area contributed by atoms with Gasteiger partial charge in [0.05, 0.1) is 0 Å². The van der Waals surface area contributed by atoms with Crippen molar-refractivity contribution in [2.45, 2.75) is 30.4 Å². The van der Waals surface area contributed by atoms with Crippen LogP contribution in [-0.4, -0.2) is 15.6 Å². The van der Waals surface area contributed by atoms with Gasteiger partial charge in [0, 0.05) is 9.64 Å². The zero-order valence-electron chi connectivity index (χ0n) is 8.74. The molecule has 1 atom stereocenters. The molecular formula is C11H18OS. The van der Waals surface area contributed by atoms with Gasteiger partial charge in [-0.25, -0.2) is 0 Å². The monoisotopic (exact) mass is 198 g/mol. The molecule has 1 aromatic rings. The Bertz CT molecular complexity index is 272. The average Bonchev–Trinajstić information content (AvgIpc) is 2.04. The first-order valence-electron chi connectivity index (χ1n) is 4.41. The lowest BCUT2D eigenvalue weighted by atomic mass is 10.3. The predicted octanol–water partition coefficient (Wildman–Crippen LogP) is 3.75. The van der Waals surface area contributed by atoms with Crippen molar-refractivity contribution in [3.05, 3.63) is 30.3 Å². The van der Waals surface area contributed by atoms with Crippen molar-refractivity contribution in [2.75, 3.05) is 6.26 Å². The lowest BCUT2D eigenvalue weighted by Crippen LogP contribution is -2.23. The molecule has 0 spiro atoms. The standard InChI is InChI=1S/C11H18OS/c1-11(2,3)13(4,12)10-8-6-5-7-9-10/h5-9,12H,1-4H3. The van der Waals surface area contributed by atoms with E-state index in [9.17, 15) is 4.55 Å². The van der Waals surface area contributed by atoms with Gasteiger partial charge in [-0.2, -0.15) is 0 Å².